The third-order valence-electron chi connectivity index (χ3n) is 4.67. The Kier molecular flexibility index (Phi) is 6.45. The molecular weight excluding hydrogens is 308 g/mol. The molecular formula is C18H28N2O4. The average molecular weight is 336 g/mol. The molecule has 1 aromatic rings. The summed E-state index contributed by atoms with van der Waals surface area (Å²) in [6.07, 6.45) is 1.66. The molecule has 1 aliphatic heterocycles. The van der Waals surface area contributed by atoms with Gasteiger partial charge >= 0.3 is 0 Å². The summed E-state index contributed by atoms with van der Waals surface area (Å²) in [5.41, 5.74) is 8.16. The molecule has 2 atom stereocenters. The monoisotopic (exact) mass is 336 g/mol. The van der Waals surface area contributed by atoms with Gasteiger partial charge in [-0.2, -0.15) is 0 Å². The van der Waals surface area contributed by atoms with Gasteiger partial charge in [0.25, 0.3) is 0 Å². The maximum atomic E-state index is 12.5. The summed E-state index contributed by atoms with van der Waals surface area (Å²) in [4.78, 5) is 12.5. The Bertz CT molecular complexity index is 570. The predicted octanol–water partition coefficient (Wildman–Crippen LogP) is 1.94. The Morgan fingerprint density at radius 2 is 1.83 bits per heavy atom. The van der Waals surface area contributed by atoms with E-state index in [4.69, 9.17) is 19.9 Å². The van der Waals surface area contributed by atoms with Crippen LogP contribution in [0.3, 0.4) is 0 Å². The number of carbonyl (C=O) groups excluding carboxylic acids is 1. The van der Waals surface area contributed by atoms with Gasteiger partial charge in [0.15, 0.2) is 11.5 Å². The number of carbonyl (C=O) groups is 1. The Labute approximate surface area is 143 Å². The number of methoxy groups -OCH3 is 2. The van der Waals surface area contributed by atoms with Gasteiger partial charge in [0.2, 0.25) is 5.91 Å². The largest absolute Gasteiger partial charge is 0.493 e. The van der Waals surface area contributed by atoms with E-state index in [2.05, 4.69) is 5.32 Å². The van der Waals surface area contributed by atoms with Crippen LogP contribution in [0.5, 0.6) is 11.5 Å². The van der Waals surface area contributed by atoms with Gasteiger partial charge in [-0.1, -0.05) is 0 Å². The molecule has 6 heteroatoms. The quantitative estimate of drug-likeness (QED) is 0.829. The fraction of sp³-hybridized carbons (Fsp3) is 0.611. The molecule has 1 saturated heterocycles. The molecule has 2 rings (SSSR count). The zero-order valence-electron chi connectivity index (χ0n) is 14.9. The molecule has 24 heavy (non-hydrogen) atoms. The molecule has 3 N–H and O–H groups in total. The maximum absolute atomic E-state index is 12.5. The number of nitrogens with one attached hydrogen (secondary N) is 1. The fourth-order valence-electron chi connectivity index (χ4n) is 3.14. The molecule has 0 bridgehead atoms. The number of benzene rings is 1. The van der Waals surface area contributed by atoms with Crippen molar-refractivity contribution in [1.29, 1.82) is 0 Å². The first-order valence-electron chi connectivity index (χ1n) is 8.34. The van der Waals surface area contributed by atoms with Crippen molar-refractivity contribution in [3.63, 3.8) is 0 Å². The Balaban J connectivity index is 2.08. The van der Waals surface area contributed by atoms with Crippen molar-refractivity contribution < 1.29 is 19.0 Å². The summed E-state index contributed by atoms with van der Waals surface area (Å²) >= 11 is 0. The van der Waals surface area contributed by atoms with Crippen LogP contribution in [0, 0.1) is 12.8 Å². The molecule has 2 unspecified atom stereocenters. The van der Waals surface area contributed by atoms with Crippen molar-refractivity contribution in [3.05, 3.63) is 23.3 Å². The summed E-state index contributed by atoms with van der Waals surface area (Å²) in [5, 5.41) is 3.02. The van der Waals surface area contributed by atoms with Crippen LogP contribution in [0.4, 0.5) is 0 Å². The van der Waals surface area contributed by atoms with E-state index < -0.39 is 6.04 Å². The zero-order valence-corrected chi connectivity index (χ0v) is 14.9. The van der Waals surface area contributed by atoms with Crippen LogP contribution in [0.25, 0.3) is 0 Å². The van der Waals surface area contributed by atoms with E-state index in [9.17, 15) is 4.79 Å². The second-order valence-electron chi connectivity index (χ2n) is 6.27. The first-order chi connectivity index (χ1) is 11.5. The number of hydrogen-bond acceptors (Lipinski definition) is 5. The van der Waals surface area contributed by atoms with Gasteiger partial charge < -0.3 is 25.3 Å². The summed E-state index contributed by atoms with van der Waals surface area (Å²) in [7, 11) is 3.20. The minimum Gasteiger partial charge on any atom is -0.493 e. The number of rotatable bonds is 6. The van der Waals surface area contributed by atoms with E-state index in [-0.39, 0.29) is 17.9 Å². The first-order valence-corrected chi connectivity index (χ1v) is 8.34. The summed E-state index contributed by atoms with van der Waals surface area (Å²) in [6.45, 7) is 5.28. The van der Waals surface area contributed by atoms with Crippen LogP contribution in [-0.2, 0) is 9.53 Å². The number of ether oxygens (including phenoxy) is 3. The third-order valence-corrected chi connectivity index (χ3v) is 4.67. The number of hydrogen-bond donors (Lipinski definition) is 2. The van der Waals surface area contributed by atoms with Crippen molar-refractivity contribution in [2.75, 3.05) is 27.4 Å². The minimum atomic E-state index is -0.503. The lowest BCUT2D eigenvalue weighted by atomic mass is 9.91. The molecule has 1 aromatic carbocycles. The molecule has 1 heterocycles. The van der Waals surface area contributed by atoms with Crippen molar-refractivity contribution in [1.82, 2.24) is 5.32 Å². The van der Waals surface area contributed by atoms with Crippen LogP contribution in [0.2, 0.25) is 0 Å². The van der Waals surface area contributed by atoms with Crippen LogP contribution >= 0.6 is 0 Å². The van der Waals surface area contributed by atoms with Crippen molar-refractivity contribution in [2.45, 2.75) is 38.8 Å². The second-order valence-corrected chi connectivity index (χ2v) is 6.27. The molecule has 0 spiro atoms. The summed E-state index contributed by atoms with van der Waals surface area (Å²) in [6, 6.07) is 3.15. The highest BCUT2D eigenvalue weighted by atomic mass is 16.5. The predicted molar refractivity (Wildman–Crippen MR) is 92.4 cm³/mol. The smallest absolute Gasteiger partial charge is 0.237 e. The molecule has 0 saturated carbocycles. The van der Waals surface area contributed by atoms with Gasteiger partial charge in [-0.25, -0.2) is 0 Å². The van der Waals surface area contributed by atoms with Gasteiger partial charge in [0.1, 0.15) is 0 Å². The topological polar surface area (TPSA) is 82.8 Å². The first kappa shape index (κ1) is 18.5. The van der Waals surface area contributed by atoms with Crippen LogP contribution in [0.1, 0.15) is 36.9 Å². The lowest BCUT2D eigenvalue weighted by Gasteiger charge is -2.28. The van der Waals surface area contributed by atoms with Crippen LogP contribution < -0.4 is 20.5 Å². The van der Waals surface area contributed by atoms with E-state index in [1.54, 1.807) is 14.2 Å². The standard InChI is InChI=1S/C18H28N2O4/c1-11-9-15(22-3)16(23-4)10-14(11)12(2)20-18(21)17(19)13-5-7-24-8-6-13/h9-10,12-13,17H,5-8,19H2,1-4H3,(H,20,21). The molecule has 0 aromatic heterocycles. The Hall–Kier alpha value is -1.79. The molecule has 134 valence electrons. The number of amides is 1. The minimum absolute atomic E-state index is 0.122. The number of nitrogens with two attached hydrogens (primary N) is 1. The van der Waals surface area contributed by atoms with E-state index in [0.717, 1.165) is 24.0 Å². The molecule has 1 aliphatic rings. The lowest BCUT2D eigenvalue weighted by molar-refractivity contribution is -0.125. The molecule has 0 radical (unpaired) electrons. The van der Waals surface area contributed by atoms with E-state index in [1.807, 2.05) is 26.0 Å². The molecule has 1 amide bonds. The van der Waals surface area contributed by atoms with Gasteiger partial charge in [-0.15, -0.1) is 0 Å². The summed E-state index contributed by atoms with van der Waals surface area (Å²) in [5.74, 6) is 1.38. The van der Waals surface area contributed by atoms with Gasteiger partial charge in [-0.05, 0) is 55.9 Å². The van der Waals surface area contributed by atoms with Crippen molar-refractivity contribution in [2.24, 2.45) is 11.7 Å². The Morgan fingerprint density at radius 3 is 2.42 bits per heavy atom. The zero-order chi connectivity index (χ0) is 17.7. The van der Waals surface area contributed by atoms with E-state index in [0.29, 0.717) is 24.7 Å². The highest BCUT2D eigenvalue weighted by Gasteiger charge is 2.27. The lowest BCUT2D eigenvalue weighted by Crippen LogP contribution is -2.47. The van der Waals surface area contributed by atoms with Crippen LogP contribution in [0.15, 0.2) is 12.1 Å². The van der Waals surface area contributed by atoms with Gasteiger partial charge in [-0.3, -0.25) is 4.79 Å². The maximum Gasteiger partial charge on any atom is 0.237 e. The highest BCUT2D eigenvalue weighted by molar-refractivity contribution is 5.82. The van der Waals surface area contributed by atoms with Crippen molar-refractivity contribution in [3.8, 4) is 11.5 Å². The number of aryl methyl sites for hydroxylation is 1. The third kappa shape index (κ3) is 4.19. The molecule has 1 fully saturated rings. The molecule has 6 nitrogen and oxygen atoms in total. The normalized spacial score (nSPS) is 17.9. The summed E-state index contributed by atoms with van der Waals surface area (Å²) < 4.78 is 16.0. The van der Waals surface area contributed by atoms with Crippen molar-refractivity contribution >= 4 is 5.91 Å². The van der Waals surface area contributed by atoms with Crippen LogP contribution in [-0.4, -0.2) is 39.4 Å². The average Bonchev–Trinajstić information content (AvgIpc) is 2.61. The fourth-order valence-corrected chi connectivity index (χ4v) is 3.14. The highest BCUT2D eigenvalue weighted by Crippen LogP contribution is 2.33. The SMILES string of the molecule is COc1cc(C)c(C(C)NC(=O)C(N)C2CCOCC2)cc1OC. The van der Waals surface area contributed by atoms with Gasteiger partial charge in [0.05, 0.1) is 26.3 Å². The van der Waals surface area contributed by atoms with E-state index in [1.165, 1.54) is 0 Å². The Morgan fingerprint density at radius 1 is 1.25 bits per heavy atom. The molecule has 0 aliphatic carbocycles. The van der Waals surface area contributed by atoms with E-state index >= 15 is 0 Å². The second kappa shape index (κ2) is 8.35. The van der Waals surface area contributed by atoms with Gasteiger partial charge in [0, 0.05) is 13.2 Å².